The summed E-state index contributed by atoms with van der Waals surface area (Å²) in [7, 11) is 0. The summed E-state index contributed by atoms with van der Waals surface area (Å²) >= 11 is 0. The summed E-state index contributed by atoms with van der Waals surface area (Å²) in [6, 6.07) is 2.63. The number of nitrogens with zero attached hydrogens (tertiary/aromatic N) is 2. The van der Waals surface area contributed by atoms with Crippen molar-refractivity contribution in [2.24, 2.45) is 5.73 Å². The first-order valence-corrected chi connectivity index (χ1v) is 4.45. The van der Waals surface area contributed by atoms with Crippen molar-refractivity contribution in [3.8, 4) is 0 Å². The van der Waals surface area contributed by atoms with Gasteiger partial charge in [-0.1, -0.05) is 0 Å². The van der Waals surface area contributed by atoms with E-state index in [0.717, 1.165) is 0 Å². The highest BCUT2D eigenvalue weighted by molar-refractivity contribution is 5.78. The number of hydrogen-bond acceptors (Lipinski definition) is 4. The molecule has 0 saturated carbocycles. The van der Waals surface area contributed by atoms with Crippen LogP contribution in [0.2, 0.25) is 0 Å². The number of fused-ring (bicyclic) bond motifs is 1. The van der Waals surface area contributed by atoms with Gasteiger partial charge in [0, 0.05) is 12.6 Å². The Morgan fingerprint density at radius 2 is 2.47 bits per heavy atom. The number of aromatic nitrogens is 3. The zero-order chi connectivity index (χ0) is 10.8. The van der Waals surface area contributed by atoms with Crippen LogP contribution in [-0.2, 0) is 11.2 Å². The topological polar surface area (TPSA) is 105 Å². The molecule has 0 aliphatic heterocycles. The lowest BCUT2D eigenvalue weighted by Gasteiger charge is -2.03. The van der Waals surface area contributed by atoms with Crippen LogP contribution in [-0.4, -0.2) is 32.3 Å². The van der Waals surface area contributed by atoms with Gasteiger partial charge in [-0.25, -0.2) is 0 Å². The fourth-order valence-electron chi connectivity index (χ4n) is 1.35. The third kappa shape index (κ3) is 1.79. The number of carboxylic acids is 1. The number of aliphatic carboxylic acids is 1. The highest BCUT2D eigenvalue weighted by Crippen LogP contribution is 2.13. The maximum Gasteiger partial charge on any atom is 0.320 e. The Hall–Kier alpha value is -1.95. The second-order valence-corrected chi connectivity index (χ2v) is 3.22. The Balaban J connectivity index is 2.32. The van der Waals surface area contributed by atoms with Gasteiger partial charge in [-0.2, -0.15) is 5.10 Å². The molecule has 0 spiro atoms. The van der Waals surface area contributed by atoms with E-state index in [2.05, 4.69) is 15.2 Å². The summed E-state index contributed by atoms with van der Waals surface area (Å²) < 4.78 is 0. The lowest BCUT2D eigenvalue weighted by Crippen LogP contribution is -2.32. The van der Waals surface area contributed by atoms with Gasteiger partial charge in [0.25, 0.3) is 0 Å². The number of nitrogens with two attached hydrogens (primary N) is 1. The molecule has 0 fully saturated rings. The monoisotopic (exact) mass is 206 g/mol. The van der Waals surface area contributed by atoms with Crippen molar-refractivity contribution < 1.29 is 9.90 Å². The second-order valence-electron chi connectivity index (χ2n) is 3.22. The van der Waals surface area contributed by atoms with Crippen LogP contribution in [0.3, 0.4) is 0 Å². The fraction of sp³-hybridized carbons (Fsp3) is 0.222. The lowest BCUT2D eigenvalue weighted by atomic mass is 10.1. The molecule has 0 amide bonds. The molecule has 0 radical (unpaired) electrons. The first kappa shape index (κ1) is 9.60. The van der Waals surface area contributed by atoms with E-state index < -0.39 is 12.0 Å². The standard InChI is InChI=1S/C9H10N4O2/c10-5(9(14)15)4-7-8-6(12-13-7)2-1-3-11-8/h1-3,5H,4,10H2,(H,12,13)(H,14,15). The zero-order valence-electron chi connectivity index (χ0n) is 7.84. The lowest BCUT2D eigenvalue weighted by molar-refractivity contribution is -0.138. The van der Waals surface area contributed by atoms with E-state index in [0.29, 0.717) is 16.7 Å². The van der Waals surface area contributed by atoms with E-state index in [1.807, 2.05) is 0 Å². The van der Waals surface area contributed by atoms with Crippen molar-refractivity contribution in [2.45, 2.75) is 12.5 Å². The molecular weight excluding hydrogens is 196 g/mol. The summed E-state index contributed by atoms with van der Waals surface area (Å²) in [5.74, 6) is -1.03. The SMILES string of the molecule is NC(Cc1[nH]nc2cccnc12)C(=O)O. The Labute approximate surface area is 85.1 Å². The molecule has 78 valence electrons. The van der Waals surface area contributed by atoms with Crippen LogP contribution < -0.4 is 5.73 Å². The van der Waals surface area contributed by atoms with Crippen LogP contribution >= 0.6 is 0 Å². The third-order valence-corrected chi connectivity index (χ3v) is 2.12. The minimum Gasteiger partial charge on any atom is -0.480 e. The van der Waals surface area contributed by atoms with Crippen molar-refractivity contribution in [3.05, 3.63) is 24.0 Å². The third-order valence-electron chi connectivity index (χ3n) is 2.12. The molecule has 0 saturated heterocycles. The molecule has 15 heavy (non-hydrogen) atoms. The van der Waals surface area contributed by atoms with Crippen molar-refractivity contribution in [1.82, 2.24) is 15.2 Å². The van der Waals surface area contributed by atoms with Crippen LogP contribution in [0, 0.1) is 0 Å². The van der Waals surface area contributed by atoms with E-state index in [1.165, 1.54) is 0 Å². The molecule has 0 aliphatic rings. The Morgan fingerprint density at radius 1 is 1.67 bits per heavy atom. The molecule has 2 aromatic rings. The number of pyridine rings is 1. The second kappa shape index (κ2) is 3.66. The number of nitrogens with one attached hydrogen (secondary N) is 1. The number of H-pyrrole nitrogens is 1. The average Bonchev–Trinajstić information content (AvgIpc) is 2.62. The van der Waals surface area contributed by atoms with E-state index in [9.17, 15) is 4.79 Å². The number of carboxylic acid groups (broad SMARTS) is 1. The molecule has 1 atom stereocenters. The Morgan fingerprint density at radius 3 is 3.20 bits per heavy atom. The zero-order valence-corrected chi connectivity index (χ0v) is 7.84. The van der Waals surface area contributed by atoms with Crippen molar-refractivity contribution >= 4 is 17.0 Å². The number of aromatic amines is 1. The molecular formula is C9H10N4O2. The van der Waals surface area contributed by atoms with Gasteiger partial charge in [0.2, 0.25) is 0 Å². The Kier molecular flexibility index (Phi) is 2.34. The molecule has 0 aromatic carbocycles. The van der Waals surface area contributed by atoms with E-state index >= 15 is 0 Å². The molecule has 4 N–H and O–H groups in total. The molecule has 6 heteroatoms. The molecule has 1 unspecified atom stereocenters. The molecule has 2 aromatic heterocycles. The van der Waals surface area contributed by atoms with Gasteiger partial charge in [-0.15, -0.1) is 0 Å². The first-order valence-electron chi connectivity index (χ1n) is 4.45. The Bertz CT molecular complexity index is 494. The predicted molar refractivity (Wildman–Crippen MR) is 53.2 cm³/mol. The minimum atomic E-state index is -1.03. The minimum absolute atomic E-state index is 0.197. The number of hydrogen-bond donors (Lipinski definition) is 3. The van der Waals surface area contributed by atoms with Crippen LogP contribution in [0.15, 0.2) is 18.3 Å². The summed E-state index contributed by atoms with van der Waals surface area (Å²) in [4.78, 5) is 14.7. The molecule has 0 aliphatic carbocycles. The summed E-state index contributed by atoms with van der Waals surface area (Å²) in [5, 5.41) is 15.4. The van der Waals surface area contributed by atoms with E-state index in [1.54, 1.807) is 18.3 Å². The van der Waals surface area contributed by atoms with Crippen molar-refractivity contribution in [2.75, 3.05) is 0 Å². The molecule has 2 rings (SSSR count). The average molecular weight is 206 g/mol. The maximum atomic E-state index is 10.6. The van der Waals surface area contributed by atoms with Crippen LogP contribution in [0.4, 0.5) is 0 Å². The van der Waals surface area contributed by atoms with Crippen molar-refractivity contribution in [3.63, 3.8) is 0 Å². The largest absolute Gasteiger partial charge is 0.480 e. The number of carbonyl (C=O) groups is 1. The summed E-state index contributed by atoms with van der Waals surface area (Å²) in [6.07, 6.45) is 1.83. The summed E-state index contributed by atoms with van der Waals surface area (Å²) in [6.45, 7) is 0. The maximum absolute atomic E-state index is 10.6. The normalized spacial score (nSPS) is 12.9. The van der Waals surface area contributed by atoms with Gasteiger partial charge >= 0.3 is 5.97 Å². The van der Waals surface area contributed by atoms with Gasteiger partial charge in [0.15, 0.2) is 0 Å². The van der Waals surface area contributed by atoms with Gasteiger partial charge in [0.05, 0.1) is 5.69 Å². The molecule has 2 heterocycles. The smallest absolute Gasteiger partial charge is 0.320 e. The van der Waals surface area contributed by atoms with Crippen LogP contribution in [0.25, 0.3) is 11.0 Å². The van der Waals surface area contributed by atoms with Gasteiger partial charge in [-0.05, 0) is 12.1 Å². The quantitative estimate of drug-likeness (QED) is 0.651. The van der Waals surface area contributed by atoms with Crippen LogP contribution in [0.1, 0.15) is 5.69 Å². The highest BCUT2D eigenvalue weighted by atomic mass is 16.4. The van der Waals surface area contributed by atoms with Gasteiger partial charge in [-0.3, -0.25) is 14.9 Å². The highest BCUT2D eigenvalue weighted by Gasteiger charge is 2.15. The molecule has 6 nitrogen and oxygen atoms in total. The van der Waals surface area contributed by atoms with E-state index in [-0.39, 0.29) is 6.42 Å². The predicted octanol–water partition coefficient (Wildman–Crippen LogP) is -0.0877. The van der Waals surface area contributed by atoms with Gasteiger partial charge < -0.3 is 10.8 Å². The fourth-order valence-corrected chi connectivity index (χ4v) is 1.35. The van der Waals surface area contributed by atoms with Crippen LogP contribution in [0.5, 0.6) is 0 Å². The molecule has 0 bridgehead atoms. The first-order chi connectivity index (χ1) is 7.18. The van der Waals surface area contributed by atoms with Gasteiger partial charge in [0.1, 0.15) is 17.1 Å². The van der Waals surface area contributed by atoms with Crippen molar-refractivity contribution in [1.29, 1.82) is 0 Å². The summed E-state index contributed by atoms with van der Waals surface area (Å²) in [5.41, 5.74) is 7.47. The number of rotatable bonds is 3. The van der Waals surface area contributed by atoms with E-state index in [4.69, 9.17) is 10.8 Å².